The first-order valence-electron chi connectivity index (χ1n) is 5.17. The second-order valence-electron chi connectivity index (χ2n) is 3.84. The van der Waals surface area contributed by atoms with Crippen LogP contribution in [0.4, 0.5) is 0 Å². The highest BCUT2D eigenvalue weighted by atomic mass is 32.2. The summed E-state index contributed by atoms with van der Waals surface area (Å²) in [6, 6.07) is 8.10. The highest BCUT2D eigenvalue weighted by molar-refractivity contribution is 7.98. The molecule has 0 bridgehead atoms. The Labute approximate surface area is 101 Å². The number of amides is 1. The molecule has 1 aromatic carbocycles. The molecule has 0 aliphatic carbocycles. The van der Waals surface area contributed by atoms with E-state index in [0.717, 1.165) is 6.54 Å². The zero-order valence-corrected chi connectivity index (χ0v) is 10.8. The fourth-order valence-electron chi connectivity index (χ4n) is 1.37. The molecule has 3 nitrogen and oxygen atoms in total. The van der Waals surface area contributed by atoms with Crippen molar-refractivity contribution < 1.29 is 4.79 Å². The van der Waals surface area contributed by atoms with E-state index in [1.165, 1.54) is 10.5 Å². The molecule has 2 N–H and O–H groups in total. The van der Waals surface area contributed by atoms with E-state index in [4.69, 9.17) is 5.73 Å². The summed E-state index contributed by atoms with van der Waals surface area (Å²) in [5, 5.41) is 0. The number of thioether (sulfide) groups is 1. The summed E-state index contributed by atoms with van der Waals surface area (Å²) in [7, 11) is 1.90. The maximum atomic E-state index is 11.0. The molecule has 0 spiro atoms. The smallest absolute Gasteiger partial charge is 0.234 e. The van der Waals surface area contributed by atoms with Crippen LogP contribution in [0.1, 0.15) is 12.5 Å². The Morgan fingerprint density at radius 1 is 1.44 bits per heavy atom. The zero-order valence-electron chi connectivity index (χ0n) is 9.93. The van der Waals surface area contributed by atoms with Gasteiger partial charge in [-0.1, -0.05) is 12.1 Å². The van der Waals surface area contributed by atoms with E-state index in [0.29, 0.717) is 0 Å². The molecule has 16 heavy (non-hydrogen) atoms. The molecule has 0 aliphatic heterocycles. The first kappa shape index (κ1) is 13.1. The van der Waals surface area contributed by atoms with Gasteiger partial charge in [-0.25, -0.2) is 0 Å². The zero-order chi connectivity index (χ0) is 12.1. The minimum atomic E-state index is -0.289. The number of nitrogens with two attached hydrogens (primary N) is 1. The second-order valence-corrected chi connectivity index (χ2v) is 4.72. The summed E-state index contributed by atoms with van der Waals surface area (Å²) in [4.78, 5) is 14.2. The molecule has 0 aromatic heterocycles. The number of hydrogen-bond acceptors (Lipinski definition) is 3. The van der Waals surface area contributed by atoms with E-state index < -0.39 is 0 Å². The summed E-state index contributed by atoms with van der Waals surface area (Å²) >= 11 is 1.72. The van der Waals surface area contributed by atoms with Gasteiger partial charge >= 0.3 is 0 Å². The molecule has 0 unspecified atom stereocenters. The molecule has 0 saturated carbocycles. The average molecular weight is 238 g/mol. The van der Waals surface area contributed by atoms with Gasteiger partial charge in [0, 0.05) is 11.4 Å². The highest BCUT2D eigenvalue weighted by Gasteiger charge is 2.14. The van der Waals surface area contributed by atoms with E-state index in [1.807, 2.05) is 18.9 Å². The van der Waals surface area contributed by atoms with Crippen LogP contribution in [0.3, 0.4) is 0 Å². The summed E-state index contributed by atoms with van der Waals surface area (Å²) < 4.78 is 0. The van der Waals surface area contributed by atoms with Crippen LogP contribution < -0.4 is 5.73 Å². The van der Waals surface area contributed by atoms with Crippen molar-refractivity contribution >= 4 is 17.7 Å². The largest absolute Gasteiger partial charge is 0.368 e. The number of carbonyl (C=O) groups excluding carboxylic acids is 1. The predicted octanol–water partition coefficient (Wildman–Crippen LogP) is 1.71. The maximum absolute atomic E-state index is 11.0. The van der Waals surface area contributed by atoms with Gasteiger partial charge in [-0.2, -0.15) is 0 Å². The summed E-state index contributed by atoms with van der Waals surface area (Å²) in [6.45, 7) is 2.55. The Morgan fingerprint density at radius 2 is 2.00 bits per heavy atom. The standard InChI is InChI=1S/C12H18N2OS/c1-9(12(13)15)14(2)8-10-4-6-11(16-3)7-5-10/h4-7,9H,8H2,1-3H3,(H2,13,15)/t9-/m1/s1. The molecule has 0 radical (unpaired) electrons. The quantitative estimate of drug-likeness (QED) is 0.794. The van der Waals surface area contributed by atoms with E-state index >= 15 is 0 Å². The fourth-order valence-corrected chi connectivity index (χ4v) is 1.78. The third-order valence-electron chi connectivity index (χ3n) is 2.66. The Morgan fingerprint density at radius 3 is 2.44 bits per heavy atom. The minimum Gasteiger partial charge on any atom is -0.368 e. The lowest BCUT2D eigenvalue weighted by molar-refractivity contribution is -0.122. The van der Waals surface area contributed by atoms with E-state index in [1.54, 1.807) is 11.8 Å². The molecule has 0 fully saturated rings. The molecular weight excluding hydrogens is 220 g/mol. The van der Waals surface area contributed by atoms with Gasteiger partial charge in [0.05, 0.1) is 6.04 Å². The van der Waals surface area contributed by atoms with Crippen molar-refractivity contribution in [1.82, 2.24) is 4.90 Å². The Kier molecular flexibility index (Phi) is 4.83. The van der Waals surface area contributed by atoms with Gasteiger partial charge in [-0.3, -0.25) is 9.69 Å². The van der Waals surface area contributed by atoms with Crippen molar-refractivity contribution in [2.24, 2.45) is 5.73 Å². The Hall–Kier alpha value is -1.00. The van der Waals surface area contributed by atoms with Gasteiger partial charge in [0.25, 0.3) is 0 Å². The van der Waals surface area contributed by atoms with Crippen molar-refractivity contribution in [2.75, 3.05) is 13.3 Å². The molecule has 1 rings (SSSR count). The normalized spacial score (nSPS) is 12.8. The second kappa shape index (κ2) is 5.92. The average Bonchev–Trinajstić information content (AvgIpc) is 2.28. The van der Waals surface area contributed by atoms with Crippen molar-refractivity contribution in [1.29, 1.82) is 0 Å². The lowest BCUT2D eigenvalue weighted by Gasteiger charge is -2.21. The third kappa shape index (κ3) is 3.54. The molecule has 1 atom stereocenters. The highest BCUT2D eigenvalue weighted by Crippen LogP contribution is 2.15. The molecule has 0 heterocycles. The van der Waals surface area contributed by atoms with Gasteiger partial charge in [0.1, 0.15) is 0 Å². The summed E-state index contributed by atoms with van der Waals surface area (Å²) in [6.07, 6.45) is 2.05. The van der Waals surface area contributed by atoms with Gasteiger partial charge < -0.3 is 5.73 Å². The van der Waals surface area contributed by atoms with Crippen molar-refractivity contribution in [3.8, 4) is 0 Å². The van der Waals surface area contributed by atoms with Crippen molar-refractivity contribution in [3.05, 3.63) is 29.8 Å². The lowest BCUT2D eigenvalue weighted by atomic mass is 10.2. The summed E-state index contributed by atoms with van der Waals surface area (Å²) in [5.41, 5.74) is 6.44. The number of benzene rings is 1. The predicted molar refractivity (Wildman–Crippen MR) is 68.3 cm³/mol. The summed E-state index contributed by atoms with van der Waals surface area (Å²) in [5.74, 6) is -0.289. The van der Waals surface area contributed by atoms with Gasteiger partial charge in [-0.05, 0) is 37.9 Å². The number of nitrogens with zero attached hydrogens (tertiary/aromatic N) is 1. The SMILES string of the molecule is CSc1ccc(CN(C)[C@H](C)C(N)=O)cc1. The molecule has 1 aromatic rings. The van der Waals surface area contributed by atoms with E-state index in [9.17, 15) is 4.79 Å². The minimum absolute atomic E-state index is 0.236. The monoisotopic (exact) mass is 238 g/mol. The Bertz CT molecular complexity index is 351. The molecular formula is C12H18N2OS. The fraction of sp³-hybridized carbons (Fsp3) is 0.417. The lowest BCUT2D eigenvalue weighted by Crippen LogP contribution is -2.39. The maximum Gasteiger partial charge on any atom is 0.234 e. The number of carbonyl (C=O) groups is 1. The van der Waals surface area contributed by atoms with Gasteiger partial charge in [0.15, 0.2) is 0 Å². The number of primary amides is 1. The van der Waals surface area contributed by atoms with E-state index in [2.05, 4.69) is 30.5 Å². The van der Waals surface area contributed by atoms with Crippen LogP contribution in [0.5, 0.6) is 0 Å². The van der Waals surface area contributed by atoms with Crippen molar-refractivity contribution in [3.63, 3.8) is 0 Å². The molecule has 4 heteroatoms. The van der Waals surface area contributed by atoms with E-state index in [-0.39, 0.29) is 11.9 Å². The molecule has 0 saturated heterocycles. The van der Waals surface area contributed by atoms with Crippen LogP contribution in [0.25, 0.3) is 0 Å². The third-order valence-corrected chi connectivity index (χ3v) is 3.41. The van der Waals surface area contributed by atoms with Crippen LogP contribution in [0, 0.1) is 0 Å². The topological polar surface area (TPSA) is 46.3 Å². The number of rotatable bonds is 5. The first-order valence-corrected chi connectivity index (χ1v) is 6.39. The number of hydrogen-bond donors (Lipinski definition) is 1. The molecule has 1 amide bonds. The van der Waals surface area contributed by atoms with Crippen LogP contribution >= 0.6 is 11.8 Å². The van der Waals surface area contributed by atoms with Gasteiger partial charge in [-0.15, -0.1) is 11.8 Å². The van der Waals surface area contributed by atoms with Crippen LogP contribution in [-0.4, -0.2) is 30.2 Å². The number of likely N-dealkylation sites (N-methyl/N-ethyl adjacent to an activating group) is 1. The molecule has 0 aliphatic rings. The first-order chi connectivity index (χ1) is 7.54. The van der Waals surface area contributed by atoms with Crippen LogP contribution in [-0.2, 0) is 11.3 Å². The molecule has 88 valence electrons. The van der Waals surface area contributed by atoms with Crippen molar-refractivity contribution in [2.45, 2.75) is 24.4 Å². The Balaban J connectivity index is 2.62. The van der Waals surface area contributed by atoms with Crippen LogP contribution in [0.2, 0.25) is 0 Å². The van der Waals surface area contributed by atoms with Gasteiger partial charge in [0.2, 0.25) is 5.91 Å². The van der Waals surface area contributed by atoms with Crippen LogP contribution in [0.15, 0.2) is 29.2 Å².